The lowest BCUT2D eigenvalue weighted by atomic mass is 10.2. The molecule has 116 valence electrons. The van der Waals surface area contributed by atoms with Crippen LogP contribution in [-0.2, 0) is 0 Å². The van der Waals surface area contributed by atoms with E-state index in [0.717, 1.165) is 15.7 Å². The van der Waals surface area contributed by atoms with Gasteiger partial charge >= 0.3 is 6.03 Å². The van der Waals surface area contributed by atoms with Crippen LogP contribution in [0.2, 0.25) is 0 Å². The lowest BCUT2D eigenvalue weighted by molar-refractivity contribution is 0.249. The molecular formula is C16H18BrN3O2. The van der Waals surface area contributed by atoms with Crippen LogP contribution in [0, 0.1) is 6.92 Å². The molecule has 0 radical (unpaired) electrons. The predicted molar refractivity (Wildman–Crippen MR) is 90.2 cm³/mol. The van der Waals surface area contributed by atoms with E-state index in [2.05, 4.69) is 31.5 Å². The largest absolute Gasteiger partial charge is 0.495 e. The summed E-state index contributed by atoms with van der Waals surface area (Å²) in [6.07, 6.45) is 1.70. The van der Waals surface area contributed by atoms with Crippen molar-refractivity contribution in [3.05, 3.63) is 52.3 Å². The summed E-state index contributed by atoms with van der Waals surface area (Å²) < 4.78 is 6.21. The quantitative estimate of drug-likeness (QED) is 0.861. The van der Waals surface area contributed by atoms with Crippen LogP contribution in [0.4, 0.5) is 10.5 Å². The number of anilines is 1. The van der Waals surface area contributed by atoms with Crippen molar-refractivity contribution in [3.8, 4) is 5.75 Å². The van der Waals surface area contributed by atoms with Crippen LogP contribution < -0.4 is 15.4 Å². The van der Waals surface area contributed by atoms with Gasteiger partial charge in [-0.3, -0.25) is 4.98 Å². The molecule has 0 saturated carbocycles. The third kappa shape index (κ3) is 3.98. The number of rotatable bonds is 4. The number of pyridine rings is 1. The number of aromatic nitrogens is 1. The summed E-state index contributed by atoms with van der Waals surface area (Å²) in [5, 5.41) is 5.69. The smallest absolute Gasteiger partial charge is 0.319 e. The highest BCUT2D eigenvalue weighted by Crippen LogP contribution is 2.32. The van der Waals surface area contributed by atoms with Crippen LogP contribution in [-0.4, -0.2) is 18.1 Å². The van der Waals surface area contributed by atoms with E-state index in [4.69, 9.17) is 4.74 Å². The number of nitrogens with zero attached hydrogens (tertiary/aromatic N) is 1. The third-order valence-electron chi connectivity index (χ3n) is 3.20. The molecule has 1 atom stereocenters. The van der Waals surface area contributed by atoms with Crippen molar-refractivity contribution >= 4 is 27.6 Å². The Morgan fingerprint density at radius 2 is 2.14 bits per heavy atom. The van der Waals surface area contributed by atoms with Crippen LogP contribution >= 0.6 is 15.9 Å². The van der Waals surface area contributed by atoms with E-state index in [9.17, 15) is 4.79 Å². The van der Waals surface area contributed by atoms with Crippen molar-refractivity contribution < 1.29 is 9.53 Å². The highest BCUT2D eigenvalue weighted by molar-refractivity contribution is 9.10. The molecule has 2 amide bonds. The van der Waals surface area contributed by atoms with Gasteiger partial charge in [-0.15, -0.1) is 0 Å². The van der Waals surface area contributed by atoms with Gasteiger partial charge in [-0.05, 0) is 43.7 Å². The standard InChI is InChI=1S/C16H18BrN3O2/c1-10-8-12(17)9-14(22-3)15(10)20-16(21)19-11(2)13-6-4-5-7-18-13/h4-9,11H,1-3H3,(H2,19,20,21). The van der Waals surface area contributed by atoms with E-state index in [1.807, 2.05) is 44.2 Å². The molecule has 0 spiro atoms. The van der Waals surface area contributed by atoms with Crippen molar-refractivity contribution in [2.45, 2.75) is 19.9 Å². The van der Waals surface area contributed by atoms with Crippen molar-refractivity contribution in [2.24, 2.45) is 0 Å². The van der Waals surface area contributed by atoms with E-state index in [0.29, 0.717) is 11.4 Å². The molecular weight excluding hydrogens is 346 g/mol. The highest BCUT2D eigenvalue weighted by Gasteiger charge is 2.14. The predicted octanol–water partition coefficient (Wildman–Crippen LogP) is 4.04. The number of carbonyl (C=O) groups is 1. The molecule has 1 unspecified atom stereocenters. The molecule has 2 rings (SSSR count). The second-order valence-electron chi connectivity index (χ2n) is 4.87. The van der Waals surface area contributed by atoms with E-state index < -0.39 is 0 Å². The third-order valence-corrected chi connectivity index (χ3v) is 3.66. The first-order valence-electron chi connectivity index (χ1n) is 6.84. The Kier molecular flexibility index (Phi) is 5.38. The fourth-order valence-electron chi connectivity index (χ4n) is 2.09. The molecule has 1 heterocycles. The molecule has 1 aromatic heterocycles. The molecule has 0 aliphatic rings. The number of benzene rings is 1. The monoisotopic (exact) mass is 363 g/mol. The molecule has 22 heavy (non-hydrogen) atoms. The SMILES string of the molecule is COc1cc(Br)cc(C)c1NC(=O)NC(C)c1ccccn1. The number of aryl methyl sites for hydroxylation is 1. The lowest BCUT2D eigenvalue weighted by Gasteiger charge is -2.17. The first-order chi connectivity index (χ1) is 10.5. The molecule has 0 aliphatic carbocycles. The van der Waals surface area contributed by atoms with Gasteiger partial charge in [-0.1, -0.05) is 22.0 Å². The van der Waals surface area contributed by atoms with Gasteiger partial charge in [0.1, 0.15) is 5.75 Å². The maximum Gasteiger partial charge on any atom is 0.319 e. The summed E-state index contributed by atoms with van der Waals surface area (Å²) >= 11 is 3.41. The Hall–Kier alpha value is -2.08. The summed E-state index contributed by atoms with van der Waals surface area (Å²) in [4.78, 5) is 16.4. The highest BCUT2D eigenvalue weighted by atomic mass is 79.9. The normalized spacial score (nSPS) is 11.6. The number of hydrogen-bond donors (Lipinski definition) is 2. The van der Waals surface area contributed by atoms with Crippen LogP contribution in [0.1, 0.15) is 24.2 Å². The van der Waals surface area contributed by atoms with Gasteiger partial charge in [-0.25, -0.2) is 4.79 Å². The number of methoxy groups -OCH3 is 1. The fraction of sp³-hybridized carbons (Fsp3) is 0.250. The molecule has 1 aromatic carbocycles. The minimum absolute atomic E-state index is 0.192. The van der Waals surface area contributed by atoms with Crippen molar-refractivity contribution in [1.82, 2.24) is 10.3 Å². The molecule has 0 aliphatic heterocycles. The number of nitrogens with one attached hydrogen (secondary N) is 2. The van der Waals surface area contributed by atoms with E-state index in [1.54, 1.807) is 13.3 Å². The summed E-state index contributed by atoms with van der Waals surface area (Å²) in [5.41, 5.74) is 2.36. The number of urea groups is 1. The second-order valence-corrected chi connectivity index (χ2v) is 5.79. The van der Waals surface area contributed by atoms with Gasteiger partial charge in [0, 0.05) is 10.7 Å². The number of hydrogen-bond acceptors (Lipinski definition) is 3. The Morgan fingerprint density at radius 1 is 1.36 bits per heavy atom. The van der Waals surface area contributed by atoms with Crippen LogP contribution in [0.15, 0.2) is 41.0 Å². The van der Waals surface area contributed by atoms with E-state index in [1.165, 1.54) is 0 Å². The van der Waals surface area contributed by atoms with Gasteiger partial charge in [0.05, 0.1) is 24.5 Å². The Bertz CT molecular complexity index is 662. The zero-order chi connectivity index (χ0) is 16.1. The minimum Gasteiger partial charge on any atom is -0.495 e. The Labute approximate surface area is 138 Å². The zero-order valence-corrected chi connectivity index (χ0v) is 14.3. The number of ether oxygens (including phenoxy) is 1. The Morgan fingerprint density at radius 3 is 2.77 bits per heavy atom. The summed E-state index contributed by atoms with van der Waals surface area (Å²) in [6.45, 7) is 3.79. The number of halogens is 1. The average molecular weight is 364 g/mol. The summed E-state index contributed by atoms with van der Waals surface area (Å²) in [5.74, 6) is 0.604. The van der Waals surface area contributed by atoms with Crippen molar-refractivity contribution in [1.29, 1.82) is 0 Å². The fourth-order valence-corrected chi connectivity index (χ4v) is 2.64. The molecule has 5 nitrogen and oxygen atoms in total. The van der Waals surface area contributed by atoms with Gasteiger partial charge < -0.3 is 15.4 Å². The molecule has 0 fully saturated rings. The zero-order valence-electron chi connectivity index (χ0n) is 12.7. The van der Waals surface area contributed by atoms with Crippen molar-refractivity contribution in [3.63, 3.8) is 0 Å². The summed E-state index contributed by atoms with van der Waals surface area (Å²) in [7, 11) is 1.57. The molecule has 2 N–H and O–H groups in total. The lowest BCUT2D eigenvalue weighted by Crippen LogP contribution is -2.31. The first-order valence-corrected chi connectivity index (χ1v) is 7.63. The van der Waals surface area contributed by atoms with Crippen molar-refractivity contribution in [2.75, 3.05) is 12.4 Å². The van der Waals surface area contributed by atoms with E-state index >= 15 is 0 Å². The Balaban J connectivity index is 2.10. The van der Waals surface area contributed by atoms with Crippen LogP contribution in [0.3, 0.4) is 0 Å². The van der Waals surface area contributed by atoms with Gasteiger partial charge in [0.2, 0.25) is 0 Å². The first kappa shape index (κ1) is 16.3. The number of carbonyl (C=O) groups excluding carboxylic acids is 1. The average Bonchev–Trinajstić information content (AvgIpc) is 2.50. The molecule has 2 aromatic rings. The van der Waals surface area contributed by atoms with Gasteiger partial charge in [-0.2, -0.15) is 0 Å². The minimum atomic E-state index is -0.304. The maximum absolute atomic E-state index is 12.2. The van der Waals surface area contributed by atoms with Gasteiger partial charge in [0.25, 0.3) is 0 Å². The topological polar surface area (TPSA) is 63.2 Å². The van der Waals surface area contributed by atoms with E-state index in [-0.39, 0.29) is 12.1 Å². The molecule has 0 bridgehead atoms. The maximum atomic E-state index is 12.2. The summed E-state index contributed by atoms with van der Waals surface area (Å²) in [6, 6.07) is 8.83. The number of amides is 2. The second kappa shape index (κ2) is 7.26. The van der Waals surface area contributed by atoms with Crippen LogP contribution in [0.5, 0.6) is 5.75 Å². The van der Waals surface area contributed by atoms with Crippen LogP contribution in [0.25, 0.3) is 0 Å². The molecule has 6 heteroatoms. The van der Waals surface area contributed by atoms with Gasteiger partial charge in [0.15, 0.2) is 0 Å². The molecule has 0 saturated heterocycles.